The summed E-state index contributed by atoms with van der Waals surface area (Å²) in [6.07, 6.45) is 1.96. The molecule has 10 aromatic rings. The minimum absolute atomic E-state index is 0.932. The van der Waals surface area contributed by atoms with E-state index in [4.69, 9.17) is 4.98 Å². The number of anilines is 3. The highest BCUT2D eigenvalue weighted by atomic mass is 32.1. The van der Waals surface area contributed by atoms with Crippen LogP contribution in [0.3, 0.4) is 0 Å². The van der Waals surface area contributed by atoms with Crippen LogP contribution >= 0.6 is 11.3 Å². The number of benzene rings is 7. The first-order valence-corrected chi connectivity index (χ1v) is 17.4. The van der Waals surface area contributed by atoms with E-state index in [1.807, 2.05) is 17.5 Å². The third-order valence-corrected chi connectivity index (χ3v) is 10.8. The molecule has 0 atom stereocenters. The number of para-hydroxylation sites is 2. The third kappa shape index (κ3) is 4.53. The number of aromatic nitrogens is 2. The first kappa shape index (κ1) is 27.8. The van der Waals surface area contributed by atoms with E-state index < -0.39 is 0 Å². The number of thiophene rings is 1. The van der Waals surface area contributed by atoms with E-state index in [2.05, 4.69) is 179 Å². The summed E-state index contributed by atoms with van der Waals surface area (Å²) in [6, 6.07) is 61.0. The van der Waals surface area contributed by atoms with Gasteiger partial charge in [0.1, 0.15) is 0 Å². The van der Waals surface area contributed by atoms with Crippen LogP contribution in [0, 0.1) is 0 Å². The van der Waals surface area contributed by atoms with Crippen molar-refractivity contribution in [3.8, 4) is 16.8 Å². The van der Waals surface area contributed by atoms with Crippen molar-refractivity contribution in [3.05, 3.63) is 176 Å². The van der Waals surface area contributed by atoms with Crippen molar-refractivity contribution in [2.75, 3.05) is 4.90 Å². The van der Waals surface area contributed by atoms with Crippen molar-refractivity contribution < 1.29 is 0 Å². The molecule has 0 N–H and O–H groups in total. The lowest BCUT2D eigenvalue weighted by Gasteiger charge is -2.25. The van der Waals surface area contributed by atoms with Crippen molar-refractivity contribution in [1.29, 1.82) is 0 Å². The number of hydrogen-bond donors (Lipinski definition) is 0. The fourth-order valence-electron chi connectivity index (χ4n) is 7.32. The second-order valence-electron chi connectivity index (χ2n) is 12.4. The van der Waals surface area contributed by atoms with Crippen molar-refractivity contribution in [1.82, 2.24) is 9.55 Å². The van der Waals surface area contributed by atoms with Gasteiger partial charge in [-0.25, -0.2) is 4.98 Å². The molecule has 10 rings (SSSR count). The molecule has 3 nitrogen and oxygen atoms in total. The van der Waals surface area contributed by atoms with Crippen molar-refractivity contribution in [2.24, 2.45) is 0 Å². The molecule has 0 fully saturated rings. The minimum atomic E-state index is 0.932. The highest BCUT2D eigenvalue weighted by Gasteiger charge is 2.22. The zero-order chi connectivity index (χ0) is 32.3. The lowest BCUT2D eigenvalue weighted by molar-refractivity contribution is 1.18. The molecule has 7 aromatic carbocycles. The Morgan fingerprint density at radius 3 is 1.94 bits per heavy atom. The summed E-state index contributed by atoms with van der Waals surface area (Å²) in [6.45, 7) is 0. The summed E-state index contributed by atoms with van der Waals surface area (Å²) in [5.41, 5.74) is 8.04. The quantitative estimate of drug-likeness (QED) is 0.186. The number of pyridine rings is 1. The van der Waals surface area contributed by atoms with E-state index >= 15 is 0 Å². The van der Waals surface area contributed by atoms with Crippen LogP contribution in [0.15, 0.2) is 176 Å². The molecule has 3 heterocycles. The molecule has 0 spiro atoms. The van der Waals surface area contributed by atoms with E-state index in [0.717, 1.165) is 22.9 Å². The van der Waals surface area contributed by atoms with Crippen LogP contribution in [0.5, 0.6) is 0 Å². The summed E-state index contributed by atoms with van der Waals surface area (Å²) < 4.78 is 4.80. The molecule has 0 unspecified atom stereocenters. The van der Waals surface area contributed by atoms with Gasteiger partial charge in [0.15, 0.2) is 5.82 Å². The van der Waals surface area contributed by atoms with E-state index in [9.17, 15) is 0 Å². The Bertz CT molecular complexity index is 2820. The lowest BCUT2D eigenvalue weighted by Crippen LogP contribution is -2.11. The summed E-state index contributed by atoms with van der Waals surface area (Å²) in [4.78, 5) is 7.47. The molecule has 0 aliphatic rings. The van der Waals surface area contributed by atoms with Crippen LogP contribution < -0.4 is 4.90 Å². The first-order valence-electron chi connectivity index (χ1n) is 16.5. The molecule has 0 saturated heterocycles. The summed E-state index contributed by atoms with van der Waals surface area (Å²) >= 11 is 1.82. The lowest BCUT2D eigenvalue weighted by atomic mass is 10.0. The minimum Gasteiger partial charge on any atom is -0.309 e. The molecule has 0 aliphatic carbocycles. The topological polar surface area (TPSA) is 21.1 Å². The van der Waals surface area contributed by atoms with Crippen LogP contribution in [0.2, 0.25) is 0 Å². The summed E-state index contributed by atoms with van der Waals surface area (Å²) in [5, 5.41) is 7.43. The molecular weight excluding hydrogens is 615 g/mol. The predicted octanol–water partition coefficient (Wildman–Crippen LogP) is 12.8. The van der Waals surface area contributed by atoms with E-state index in [1.54, 1.807) is 0 Å². The van der Waals surface area contributed by atoms with Crippen LogP contribution in [-0.4, -0.2) is 9.55 Å². The third-order valence-electron chi connectivity index (χ3n) is 9.61. The maximum atomic E-state index is 5.13. The van der Waals surface area contributed by atoms with Gasteiger partial charge in [-0.2, -0.15) is 0 Å². The number of nitrogens with zero attached hydrogens (tertiary/aromatic N) is 3. The first-order chi connectivity index (χ1) is 24.3. The van der Waals surface area contributed by atoms with Crippen molar-refractivity contribution >= 4 is 81.3 Å². The zero-order valence-corrected chi connectivity index (χ0v) is 27.3. The molecule has 0 bridgehead atoms. The molecule has 0 amide bonds. The number of fused-ring (bicyclic) bond motifs is 7. The Balaban J connectivity index is 1.22. The van der Waals surface area contributed by atoms with Gasteiger partial charge in [0.05, 0.1) is 15.7 Å². The largest absolute Gasteiger partial charge is 0.309 e. The van der Waals surface area contributed by atoms with E-state index in [-0.39, 0.29) is 0 Å². The van der Waals surface area contributed by atoms with Crippen LogP contribution in [0.1, 0.15) is 0 Å². The number of hydrogen-bond acceptors (Lipinski definition) is 3. The Morgan fingerprint density at radius 2 is 1.12 bits per heavy atom. The van der Waals surface area contributed by atoms with Gasteiger partial charge in [0.2, 0.25) is 0 Å². The molecule has 4 heteroatoms. The van der Waals surface area contributed by atoms with Crippen LogP contribution in [0.4, 0.5) is 17.2 Å². The van der Waals surface area contributed by atoms with E-state index in [0.29, 0.717) is 0 Å². The number of rotatable bonds is 5. The van der Waals surface area contributed by atoms with Gasteiger partial charge in [0.25, 0.3) is 0 Å². The Hall–Kier alpha value is -6.23. The molecular formula is C45H29N3S. The van der Waals surface area contributed by atoms with Crippen LogP contribution in [-0.2, 0) is 0 Å². The summed E-state index contributed by atoms with van der Waals surface area (Å²) in [7, 11) is 0. The Kier molecular flexibility index (Phi) is 6.36. The van der Waals surface area contributed by atoms with Gasteiger partial charge in [-0.15, -0.1) is 11.3 Å². The molecule has 0 radical (unpaired) electrons. The fourth-order valence-corrected chi connectivity index (χ4v) is 8.52. The van der Waals surface area contributed by atoms with Gasteiger partial charge in [-0.05, 0) is 88.6 Å². The van der Waals surface area contributed by atoms with Crippen LogP contribution in [0.25, 0.3) is 69.6 Å². The summed E-state index contributed by atoms with van der Waals surface area (Å²) in [5.74, 6) is 0.932. The Morgan fingerprint density at radius 1 is 0.469 bits per heavy atom. The van der Waals surface area contributed by atoms with Crippen molar-refractivity contribution in [2.45, 2.75) is 0 Å². The molecule has 0 aliphatic heterocycles. The smallest absolute Gasteiger partial charge is 0.155 e. The van der Waals surface area contributed by atoms with Gasteiger partial charge in [-0.1, -0.05) is 103 Å². The average Bonchev–Trinajstić information content (AvgIpc) is 3.70. The second kappa shape index (κ2) is 11.2. The normalized spacial score (nSPS) is 11.7. The van der Waals surface area contributed by atoms with Gasteiger partial charge < -0.3 is 4.57 Å². The highest BCUT2D eigenvalue weighted by molar-refractivity contribution is 7.26. The zero-order valence-electron chi connectivity index (χ0n) is 26.5. The maximum absolute atomic E-state index is 5.13. The standard InChI is InChI=1S/C45H29N3S/c1-3-11-30(12-4-1)31-19-21-35(22-20-31)47(45-44-38(25-26-46-45)40-27-32-13-7-8-14-33(32)28-43(40)49-44)36-23-24-42-39(29-36)37-17-9-10-18-41(37)48(42)34-15-5-2-6-16-34/h1-29H. The fraction of sp³-hybridized carbons (Fsp3) is 0. The predicted molar refractivity (Wildman–Crippen MR) is 209 cm³/mol. The molecule has 230 valence electrons. The van der Waals surface area contributed by atoms with Crippen molar-refractivity contribution in [3.63, 3.8) is 0 Å². The van der Waals surface area contributed by atoms with Gasteiger partial charge >= 0.3 is 0 Å². The highest BCUT2D eigenvalue weighted by Crippen LogP contribution is 2.46. The molecule has 0 saturated carbocycles. The maximum Gasteiger partial charge on any atom is 0.155 e. The second-order valence-corrected chi connectivity index (χ2v) is 13.5. The average molecular weight is 644 g/mol. The van der Waals surface area contributed by atoms with E-state index in [1.165, 1.54) is 63.9 Å². The SMILES string of the molecule is c1ccc(-c2ccc(N(c3ccc4c(c3)c3ccccc3n4-c3ccccc3)c3nccc4c3sc3cc5ccccc5cc34)cc2)cc1. The Labute approximate surface area is 287 Å². The monoisotopic (exact) mass is 643 g/mol. The van der Waals surface area contributed by atoms with Gasteiger partial charge in [0, 0.05) is 49.5 Å². The molecule has 3 aromatic heterocycles. The molecule has 49 heavy (non-hydrogen) atoms. The van der Waals surface area contributed by atoms with Gasteiger partial charge in [-0.3, -0.25) is 4.90 Å².